The first-order valence-electron chi connectivity index (χ1n) is 6.66. The molecule has 118 valence electrons. The topological polar surface area (TPSA) is 110 Å². The zero-order valence-corrected chi connectivity index (χ0v) is 12.6. The van der Waals surface area contributed by atoms with E-state index in [2.05, 4.69) is 19.4 Å². The molecule has 0 bridgehead atoms. The van der Waals surface area contributed by atoms with Crippen molar-refractivity contribution in [3.63, 3.8) is 0 Å². The Hall–Kier alpha value is -2.94. The molecule has 0 aliphatic carbocycles. The van der Waals surface area contributed by atoms with Crippen LogP contribution in [0.25, 0.3) is 0 Å². The van der Waals surface area contributed by atoms with Gasteiger partial charge < -0.3 is 19.5 Å². The smallest absolute Gasteiger partial charge is 0.273 e. The fourth-order valence-electron chi connectivity index (χ4n) is 1.81. The van der Waals surface area contributed by atoms with Gasteiger partial charge in [0, 0.05) is 12.1 Å². The molecular formula is C14H12N4O4S. The predicted molar refractivity (Wildman–Crippen MR) is 79.7 cm³/mol. The molecule has 3 aromatic heterocycles. The van der Waals surface area contributed by atoms with Crippen LogP contribution in [-0.4, -0.2) is 20.6 Å². The molecular weight excluding hydrogens is 320 g/mol. The number of furan rings is 2. The summed E-state index contributed by atoms with van der Waals surface area (Å²) in [5, 5.41) is 5.29. The van der Waals surface area contributed by atoms with Gasteiger partial charge in [0.15, 0.2) is 11.4 Å². The summed E-state index contributed by atoms with van der Waals surface area (Å²) >= 11 is 0.806. The van der Waals surface area contributed by atoms with Gasteiger partial charge in [0.1, 0.15) is 5.76 Å². The summed E-state index contributed by atoms with van der Waals surface area (Å²) in [4.78, 5) is 24.2. The summed E-state index contributed by atoms with van der Waals surface area (Å²) in [7, 11) is 0. The summed E-state index contributed by atoms with van der Waals surface area (Å²) in [5.74, 6) is -0.348. The van der Waals surface area contributed by atoms with Gasteiger partial charge in [0.05, 0.1) is 37.1 Å². The van der Waals surface area contributed by atoms with E-state index in [0.717, 1.165) is 17.3 Å². The fraction of sp³-hybridized carbons (Fsp3) is 0.143. The lowest BCUT2D eigenvalue weighted by Gasteiger charge is -2.04. The Labute approximate surface area is 134 Å². The molecule has 0 aliphatic heterocycles. The van der Waals surface area contributed by atoms with E-state index in [9.17, 15) is 9.59 Å². The molecule has 0 aliphatic rings. The van der Waals surface area contributed by atoms with Crippen molar-refractivity contribution < 1.29 is 18.4 Å². The first-order chi connectivity index (χ1) is 11.2. The second-order valence-electron chi connectivity index (χ2n) is 4.54. The second kappa shape index (κ2) is 6.88. The molecule has 0 radical (unpaired) electrons. The normalized spacial score (nSPS) is 10.4. The van der Waals surface area contributed by atoms with E-state index in [1.807, 2.05) is 0 Å². The molecule has 0 saturated carbocycles. The summed E-state index contributed by atoms with van der Waals surface area (Å²) in [5.41, 5.74) is 0.798. The Kier molecular flexibility index (Phi) is 4.48. The molecule has 23 heavy (non-hydrogen) atoms. The number of nitrogens with one attached hydrogen (secondary N) is 2. The monoisotopic (exact) mass is 332 g/mol. The molecule has 0 atom stereocenters. The van der Waals surface area contributed by atoms with Gasteiger partial charge in [-0.2, -0.15) is 8.75 Å². The van der Waals surface area contributed by atoms with Gasteiger partial charge >= 0.3 is 0 Å². The lowest BCUT2D eigenvalue weighted by molar-refractivity contribution is 0.0910. The average Bonchev–Trinajstić information content (AvgIpc) is 3.32. The van der Waals surface area contributed by atoms with E-state index >= 15 is 0 Å². The number of carbonyl (C=O) groups excluding carboxylic acids is 2. The van der Waals surface area contributed by atoms with Crippen LogP contribution in [0, 0.1) is 0 Å². The number of carbonyl (C=O) groups is 2. The zero-order chi connectivity index (χ0) is 16.1. The highest BCUT2D eigenvalue weighted by Gasteiger charge is 2.22. The van der Waals surface area contributed by atoms with Crippen LogP contribution >= 0.6 is 11.7 Å². The lowest BCUT2D eigenvalue weighted by Crippen LogP contribution is -2.29. The maximum absolute atomic E-state index is 12.1. The molecule has 0 fully saturated rings. The van der Waals surface area contributed by atoms with Gasteiger partial charge in [0.25, 0.3) is 11.8 Å². The number of nitrogens with zero attached hydrogens (tertiary/aromatic N) is 2. The Bertz CT molecular complexity index is 715. The number of hydrogen-bond donors (Lipinski definition) is 2. The largest absolute Gasteiger partial charge is 0.472 e. The molecule has 2 N–H and O–H groups in total. The minimum atomic E-state index is -0.483. The molecule has 9 heteroatoms. The average molecular weight is 332 g/mol. The van der Waals surface area contributed by atoms with Crippen LogP contribution in [0.5, 0.6) is 0 Å². The van der Waals surface area contributed by atoms with Crippen LogP contribution in [-0.2, 0) is 13.1 Å². The SMILES string of the molecule is O=C(NCc1ccoc1)c1nsnc1C(=O)NCc1ccco1. The van der Waals surface area contributed by atoms with E-state index in [0.29, 0.717) is 5.76 Å². The maximum atomic E-state index is 12.1. The first kappa shape index (κ1) is 15.0. The highest BCUT2D eigenvalue weighted by Crippen LogP contribution is 2.08. The Morgan fingerprint density at radius 2 is 1.78 bits per heavy atom. The van der Waals surface area contributed by atoms with Crippen LogP contribution < -0.4 is 10.6 Å². The van der Waals surface area contributed by atoms with Crippen molar-refractivity contribution in [1.29, 1.82) is 0 Å². The van der Waals surface area contributed by atoms with Gasteiger partial charge in [0.2, 0.25) is 0 Å². The highest BCUT2D eigenvalue weighted by atomic mass is 32.1. The quantitative estimate of drug-likeness (QED) is 0.709. The Balaban J connectivity index is 1.61. The summed E-state index contributed by atoms with van der Waals surface area (Å²) in [6.07, 6.45) is 4.55. The van der Waals surface area contributed by atoms with E-state index in [1.165, 1.54) is 18.8 Å². The van der Waals surface area contributed by atoms with Crippen molar-refractivity contribution in [1.82, 2.24) is 19.4 Å². The molecule has 3 heterocycles. The van der Waals surface area contributed by atoms with Crippen molar-refractivity contribution in [2.24, 2.45) is 0 Å². The highest BCUT2D eigenvalue weighted by molar-refractivity contribution is 6.99. The van der Waals surface area contributed by atoms with Gasteiger partial charge in [-0.15, -0.1) is 0 Å². The second-order valence-corrected chi connectivity index (χ2v) is 5.07. The summed E-state index contributed by atoms with van der Waals surface area (Å²) in [6, 6.07) is 5.19. The van der Waals surface area contributed by atoms with Gasteiger partial charge in [-0.25, -0.2) is 0 Å². The van der Waals surface area contributed by atoms with E-state index in [1.54, 1.807) is 18.2 Å². The molecule has 3 rings (SSSR count). The van der Waals surface area contributed by atoms with Crippen molar-refractivity contribution in [3.05, 3.63) is 59.7 Å². The molecule has 8 nitrogen and oxygen atoms in total. The third-order valence-electron chi connectivity index (χ3n) is 2.96. The van der Waals surface area contributed by atoms with Crippen LogP contribution in [0.4, 0.5) is 0 Å². The van der Waals surface area contributed by atoms with Gasteiger partial charge in [-0.05, 0) is 18.2 Å². The minimum absolute atomic E-state index is 0.00422. The zero-order valence-electron chi connectivity index (χ0n) is 11.8. The fourth-order valence-corrected chi connectivity index (χ4v) is 2.35. The summed E-state index contributed by atoms with van der Waals surface area (Å²) < 4.78 is 17.8. The van der Waals surface area contributed by atoms with Crippen LogP contribution in [0.2, 0.25) is 0 Å². The van der Waals surface area contributed by atoms with Crippen molar-refractivity contribution in [3.8, 4) is 0 Å². The number of aromatic nitrogens is 2. The Morgan fingerprint density at radius 3 is 2.39 bits per heavy atom. The van der Waals surface area contributed by atoms with Crippen molar-refractivity contribution >= 4 is 23.5 Å². The molecule has 0 aromatic carbocycles. The predicted octanol–water partition coefficient (Wildman–Crippen LogP) is 1.58. The standard InChI is InChI=1S/C14H12N4O4S/c19-13(15-6-9-3-5-21-8-9)11-12(18-23-17-11)14(20)16-7-10-2-1-4-22-10/h1-5,8H,6-7H2,(H,15,19)(H,16,20). The van der Waals surface area contributed by atoms with E-state index < -0.39 is 11.8 Å². The molecule has 2 amide bonds. The van der Waals surface area contributed by atoms with Crippen molar-refractivity contribution in [2.45, 2.75) is 13.1 Å². The molecule has 0 spiro atoms. The van der Waals surface area contributed by atoms with E-state index in [-0.39, 0.29) is 24.5 Å². The number of hydrogen-bond acceptors (Lipinski definition) is 7. The van der Waals surface area contributed by atoms with Gasteiger partial charge in [-0.3, -0.25) is 9.59 Å². The summed E-state index contributed by atoms with van der Waals surface area (Å²) in [6.45, 7) is 0.486. The third kappa shape index (κ3) is 3.64. The van der Waals surface area contributed by atoms with Gasteiger partial charge in [-0.1, -0.05) is 0 Å². The number of rotatable bonds is 6. The molecule has 3 aromatic rings. The first-order valence-corrected chi connectivity index (χ1v) is 7.39. The number of amides is 2. The van der Waals surface area contributed by atoms with Crippen LogP contribution in [0.15, 0.2) is 45.8 Å². The lowest BCUT2D eigenvalue weighted by atomic mass is 10.2. The third-order valence-corrected chi connectivity index (χ3v) is 3.48. The maximum Gasteiger partial charge on any atom is 0.273 e. The van der Waals surface area contributed by atoms with Crippen LogP contribution in [0.3, 0.4) is 0 Å². The molecule has 0 saturated heterocycles. The van der Waals surface area contributed by atoms with E-state index in [4.69, 9.17) is 8.83 Å². The molecule has 0 unspecified atom stereocenters. The minimum Gasteiger partial charge on any atom is -0.472 e. The van der Waals surface area contributed by atoms with Crippen LogP contribution in [0.1, 0.15) is 32.3 Å². The van der Waals surface area contributed by atoms with Crippen molar-refractivity contribution in [2.75, 3.05) is 0 Å². The Morgan fingerprint density at radius 1 is 1.04 bits per heavy atom.